The molecule has 0 fully saturated rings. The van der Waals surface area contributed by atoms with E-state index in [2.05, 4.69) is 0 Å². The zero-order valence-electron chi connectivity index (χ0n) is 8.96. The highest BCUT2D eigenvalue weighted by Crippen LogP contribution is 2.24. The fourth-order valence-corrected chi connectivity index (χ4v) is 1.47. The molecule has 1 aromatic carbocycles. The van der Waals surface area contributed by atoms with Gasteiger partial charge < -0.3 is 9.84 Å². The maximum absolute atomic E-state index is 11.9. The number of rotatable bonds is 4. The van der Waals surface area contributed by atoms with Crippen LogP contribution in [0.25, 0.3) is 0 Å². The van der Waals surface area contributed by atoms with E-state index < -0.39 is 19.0 Å². The lowest BCUT2D eigenvalue weighted by Crippen LogP contribution is -2.10. The number of hydrogen-bond acceptors (Lipinski definition) is 2. The van der Waals surface area contributed by atoms with Crippen LogP contribution in [0, 0.1) is 13.8 Å². The topological polar surface area (TPSA) is 46.5 Å². The molecule has 0 heterocycles. The Morgan fingerprint density at radius 2 is 2.06 bits per heavy atom. The summed E-state index contributed by atoms with van der Waals surface area (Å²) in [6.07, 6.45) is -2.58. The van der Waals surface area contributed by atoms with Gasteiger partial charge in [0.25, 0.3) is 6.43 Å². The molecule has 16 heavy (non-hydrogen) atoms. The van der Waals surface area contributed by atoms with Gasteiger partial charge in [0, 0.05) is 5.56 Å². The van der Waals surface area contributed by atoms with E-state index >= 15 is 0 Å². The summed E-state index contributed by atoms with van der Waals surface area (Å²) in [5, 5.41) is 8.94. The van der Waals surface area contributed by atoms with Gasteiger partial charge in [-0.3, -0.25) is 0 Å². The summed E-state index contributed by atoms with van der Waals surface area (Å²) in [5.41, 5.74) is 1.05. The van der Waals surface area contributed by atoms with Crippen LogP contribution in [0.15, 0.2) is 12.1 Å². The van der Waals surface area contributed by atoms with Gasteiger partial charge >= 0.3 is 5.97 Å². The fraction of sp³-hybridized carbons (Fsp3) is 0.364. The second kappa shape index (κ2) is 4.92. The van der Waals surface area contributed by atoms with Crippen molar-refractivity contribution >= 4 is 5.97 Å². The van der Waals surface area contributed by atoms with Crippen molar-refractivity contribution in [1.82, 2.24) is 0 Å². The van der Waals surface area contributed by atoms with E-state index in [1.54, 1.807) is 6.92 Å². The number of carboxylic acids is 1. The Kier molecular flexibility index (Phi) is 3.82. The van der Waals surface area contributed by atoms with Crippen LogP contribution < -0.4 is 4.74 Å². The molecular formula is C11H12F2O3. The van der Waals surface area contributed by atoms with Crippen LogP contribution in [0.3, 0.4) is 0 Å². The lowest BCUT2D eigenvalue weighted by atomic mass is 10.0. The molecule has 0 radical (unpaired) electrons. The van der Waals surface area contributed by atoms with Gasteiger partial charge in [-0.2, -0.15) is 0 Å². The number of halogens is 2. The van der Waals surface area contributed by atoms with Gasteiger partial charge in [0.05, 0.1) is 5.56 Å². The Morgan fingerprint density at radius 1 is 1.44 bits per heavy atom. The lowest BCUT2D eigenvalue weighted by molar-refractivity contribution is 0.0693. The molecule has 1 rings (SSSR count). The standard InChI is InChI=1S/C11H12F2O3/c1-6-3-4-8(16-5-9(12)13)7(2)10(6)11(14)15/h3-4,9H,5H2,1-2H3,(H,14,15). The van der Waals surface area contributed by atoms with Crippen LogP contribution in [0.4, 0.5) is 8.78 Å². The number of carbonyl (C=O) groups is 1. The van der Waals surface area contributed by atoms with Crippen LogP contribution in [0.1, 0.15) is 21.5 Å². The maximum atomic E-state index is 11.9. The van der Waals surface area contributed by atoms with Crippen LogP contribution in [-0.2, 0) is 0 Å². The SMILES string of the molecule is Cc1ccc(OCC(F)F)c(C)c1C(=O)O. The van der Waals surface area contributed by atoms with Crippen molar-refractivity contribution in [2.45, 2.75) is 20.3 Å². The molecule has 88 valence electrons. The molecule has 0 spiro atoms. The number of alkyl halides is 2. The molecular weight excluding hydrogens is 218 g/mol. The zero-order chi connectivity index (χ0) is 12.3. The molecule has 0 saturated carbocycles. The van der Waals surface area contributed by atoms with Crippen LogP contribution in [0.2, 0.25) is 0 Å². The quantitative estimate of drug-likeness (QED) is 0.864. The summed E-state index contributed by atoms with van der Waals surface area (Å²) in [6.45, 7) is 2.45. The van der Waals surface area contributed by atoms with Gasteiger partial charge in [-0.1, -0.05) is 6.07 Å². The first-order valence-corrected chi connectivity index (χ1v) is 4.68. The molecule has 0 unspecified atom stereocenters. The second-order valence-corrected chi connectivity index (χ2v) is 3.39. The minimum absolute atomic E-state index is 0.103. The zero-order valence-corrected chi connectivity index (χ0v) is 8.96. The first kappa shape index (κ1) is 12.4. The Balaban J connectivity index is 3.04. The molecule has 0 aliphatic carbocycles. The minimum atomic E-state index is -2.58. The van der Waals surface area contributed by atoms with Crippen molar-refractivity contribution < 1.29 is 23.4 Å². The van der Waals surface area contributed by atoms with Crippen molar-refractivity contribution in [2.24, 2.45) is 0 Å². The van der Waals surface area contributed by atoms with E-state index in [4.69, 9.17) is 9.84 Å². The summed E-state index contributed by atoms with van der Waals surface area (Å²) in [5.74, 6) is -0.902. The predicted octanol–water partition coefficient (Wildman–Crippen LogP) is 2.65. The third-order valence-electron chi connectivity index (χ3n) is 2.20. The van der Waals surface area contributed by atoms with E-state index in [-0.39, 0.29) is 11.3 Å². The number of aryl methyl sites for hydroxylation is 1. The number of hydrogen-bond donors (Lipinski definition) is 1. The highest BCUT2D eigenvalue weighted by atomic mass is 19.3. The van der Waals surface area contributed by atoms with Gasteiger partial charge in [0.15, 0.2) is 0 Å². The van der Waals surface area contributed by atoms with Crippen LogP contribution in [0.5, 0.6) is 5.75 Å². The summed E-state index contributed by atoms with van der Waals surface area (Å²) < 4.78 is 28.7. The molecule has 5 heteroatoms. The highest BCUT2D eigenvalue weighted by molar-refractivity contribution is 5.91. The van der Waals surface area contributed by atoms with Gasteiger partial charge in [-0.25, -0.2) is 13.6 Å². The molecule has 0 atom stereocenters. The van der Waals surface area contributed by atoms with Crippen LogP contribution in [-0.4, -0.2) is 24.1 Å². The Hall–Kier alpha value is -1.65. The lowest BCUT2D eigenvalue weighted by Gasteiger charge is -2.12. The van der Waals surface area contributed by atoms with Crippen molar-refractivity contribution in [3.8, 4) is 5.75 Å². The first-order valence-electron chi connectivity index (χ1n) is 4.68. The summed E-state index contributed by atoms with van der Waals surface area (Å²) >= 11 is 0. The van der Waals surface area contributed by atoms with Gasteiger partial charge in [0.2, 0.25) is 0 Å². The van der Waals surface area contributed by atoms with E-state index in [1.807, 2.05) is 0 Å². The van der Waals surface area contributed by atoms with Crippen molar-refractivity contribution in [3.05, 3.63) is 28.8 Å². The number of ether oxygens (including phenoxy) is 1. The maximum Gasteiger partial charge on any atom is 0.336 e. The fourth-order valence-electron chi connectivity index (χ4n) is 1.47. The molecule has 0 aliphatic rings. The van der Waals surface area contributed by atoms with E-state index in [0.717, 1.165) is 0 Å². The van der Waals surface area contributed by atoms with Gasteiger partial charge in [0.1, 0.15) is 12.4 Å². The summed E-state index contributed by atoms with van der Waals surface area (Å²) in [4.78, 5) is 10.9. The average Bonchev–Trinajstić information content (AvgIpc) is 2.15. The smallest absolute Gasteiger partial charge is 0.336 e. The summed E-state index contributed by atoms with van der Waals surface area (Å²) in [6, 6.07) is 3.04. The highest BCUT2D eigenvalue weighted by Gasteiger charge is 2.15. The van der Waals surface area contributed by atoms with Crippen LogP contribution >= 0.6 is 0 Å². The predicted molar refractivity (Wildman–Crippen MR) is 54.4 cm³/mol. The molecule has 0 saturated heterocycles. The largest absolute Gasteiger partial charge is 0.487 e. The Labute approximate surface area is 91.7 Å². The normalized spacial score (nSPS) is 10.6. The Bertz CT molecular complexity index is 402. The van der Waals surface area contributed by atoms with Crippen molar-refractivity contribution in [1.29, 1.82) is 0 Å². The van der Waals surface area contributed by atoms with Gasteiger partial charge in [-0.05, 0) is 25.5 Å². The third kappa shape index (κ3) is 2.68. The third-order valence-corrected chi connectivity index (χ3v) is 2.20. The molecule has 0 aliphatic heterocycles. The molecule has 1 aromatic rings. The van der Waals surface area contributed by atoms with Crippen molar-refractivity contribution in [3.63, 3.8) is 0 Å². The number of benzene rings is 1. The van der Waals surface area contributed by atoms with E-state index in [9.17, 15) is 13.6 Å². The molecule has 0 bridgehead atoms. The first-order chi connectivity index (χ1) is 7.43. The van der Waals surface area contributed by atoms with Gasteiger partial charge in [-0.15, -0.1) is 0 Å². The van der Waals surface area contributed by atoms with Crippen molar-refractivity contribution in [2.75, 3.05) is 6.61 Å². The van der Waals surface area contributed by atoms with E-state index in [1.165, 1.54) is 19.1 Å². The average molecular weight is 230 g/mol. The monoisotopic (exact) mass is 230 g/mol. The molecule has 0 amide bonds. The molecule has 3 nitrogen and oxygen atoms in total. The van der Waals surface area contributed by atoms with E-state index in [0.29, 0.717) is 11.1 Å². The molecule has 0 aromatic heterocycles. The number of carboxylic acid groups (broad SMARTS) is 1. The summed E-state index contributed by atoms with van der Waals surface area (Å²) in [7, 11) is 0. The Morgan fingerprint density at radius 3 is 2.56 bits per heavy atom. The second-order valence-electron chi connectivity index (χ2n) is 3.39. The minimum Gasteiger partial charge on any atom is -0.487 e. The molecule has 1 N–H and O–H groups in total. The number of aromatic carboxylic acids is 1.